The Morgan fingerprint density at radius 3 is 2.42 bits per heavy atom. The molecule has 6 heteroatoms. The summed E-state index contributed by atoms with van der Waals surface area (Å²) in [6.45, 7) is 3.81. The Hall–Kier alpha value is -0.910. The highest BCUT2D eigenvalue weighted by atomic mass is 32.2. The van der Waals surface area contributed by atoms with Crippen molar-refractivity contribution in [3.8, 4) is 0 Å². The molecule has 5 atom stereocenters. The van der Waals surface area contributed by atoms with Crippen LogP contribution in [0.2, 0.25) is 0 Å². The van der Waals surface area contributed by atoms with Crippen molar-refractivity contribution in [2.24, 2.45) is 17.8 Å². The maximum Gasteiger partial charge on any atom is 0.307 e. The topological polar surface area (TPSA) is 83.5 Å². The summed E-state index contributed by atoms with van der Waals surface area (Å²) < 4.78 is 11.1. The quantitative estimate of drug-likeness (QED) is 0.764. The first-order valence-corrected chi connectivity index (χ1v) is 8.41. The molecule has 0 aliphatic heterocycles. The summed E-state index contributed by atoms with van der Waals surface area (Å²) in [6.07, 6.45) is 3.72. The van der Waals surface area contributed by atoms with Crippen LogP contribution in [0.25, 0.3) is 0 Å². The summed E-state index contributed by atoms with van der Waals surface area (Å²) in [5.74, 6) is -1.41. The highest BCUT2D eigenvalue weighted by Gasteiger charge is 2.42. The van der Waals surface area contributed by atoms with Crippen molar-refractivity contribution in [3.05, 3.63) is 0 Å². The maximum absolute atomic E-state index is 12.1. The highest BCUT2D eigenvalue weighted by Crippen LogP contribution is 2.38. The molecule has 0 aromatic carbocycles. The van der Waals surface area contributed by atoms with E-state index in [2.05, 4.69) is 5.32 Å². The Bertz CT molecular complexity index is 372. The largest absolute Gasteiger partial charge is 0.481 e. The first kappa shape index (κ1) is 16.1. The van der Waals surface area contributed by atoms with E-state index in [0.29, 0.717) is 24.5 Å². The van der Waals surface area contributed by atoms with Crippen molar-refractivity contribution >= 4 is 22.7 Å². The summed E-state index contributed by atoms with van der Waals surface area (Å²) in [5, 5.41) is 12.0. The molecule has 1 rings (SSSR count). The molecule has 5 unspecified atom stereocenters. The van der Waals surface area contributed by atoms with Crippen molar-refractivity contribution < 1.29 is 18.9 Å². The average molecular weight is 289 g/mol. The third-order valence-electron chi connectivity index (χ3n) is 3.76. The zero-order valence-electron chi connectivity index (χ0n) is 11.7. The molecule has 0 spiro atoms. The Labute approximate surface area is 116 Å². The van der Waals surface area contributed by atoms with Gasteiger partial charge in [-0.15, -0.1) is 0 Å². The van der Waals surface area contributed by atoms with Crippen LogP contribution in [-0.2, 0) is 20.4 Å². The second-order valence-corrected chi connectivity index (χ2v) is 6.93. The average Bonchev–Trinajstić information content (AvgIpc) is 2.71. The van der Waals surface area contributed by atoms with Crippen molar-refractivity contribution in [1.29, 1.82) is 0 Å². The van der Waals surface area contributed by atoms with Crippen LogP contribution >= 0.6 is 0 Å². The van der Waals surface area contributed by atoms with Gasteiger partial charge in [0, 0.05) is 28.9 Å². The normalized spacial score (nSPS) is 29.7. The second-order valence-electron chi connectivity index (χ2n) is 5.45. The van der Waals surface area contributed by atoms with Gasteiger partial charge in [-0.2, -0.15) is 0 Å². The Morgan fingerprint density at radius 2 is 1.95 bits per heavy atom. The molecule has 0 bridgehead atoms. The molecule has 1 aliphatic rings. The van der Waals surface area contributed by atoms with Crippen LogP contribution in [0, 0.1) is 17.8 Å². The highest BCUT2D eigenvalue weighted by molar-refractivity contribution is 7.84. The van der Waals surface area contributed by atoms with E-state index < -0.39 is 28.6 Å². The van der Waals surface area contributed by atoms with Gasteiger partial charge in [0.1, 0.15) is 0 Å². The zero-order chi connectivity index (χ0) is 14.6. The third kappa shape index (κ3) is 4.60. The predicted octanol–water partition coefficient (Wildman–Crippen LogP) is 1.01. The van der Waals surface area contributed by atoms with Gasteiger partial charge in [-0.05, 0) is 25.7 Å². The van der Waals surface area contributed by atoms with Gasteiger partial charge in [0.05, 0.1) is 11.8 Å². The number of carbonyl (C=O) groups excluding carboxylic acids is 1. The Balaban J connectivity index is 2.63. The molecule has 0 aromatic rings. The summed E-state index contributed by atoms with van der Waals surface area (Å²) in [5.41, 5.74) is 0. The van der Waals surface area contributed by atoms with Crippen LogP contribution in [0.5, 0.6) is 0 Å². The SMILES string of the molecule is CCC1CC(C(=O)O)C(C(=O)NC(C)CS(C)=O)C1. The smallest absolute Gasteiger partial charge is 0.307 e. The summed E-state index contributed by atoms with van der Waals surface area (Å²) >= 11 is 0. The van der Waals surface area contributed by atoms with E-state index in [0.717, 1.165) is 6.42 Å². The number of amides is 1. The first-order valence-electron chi connectivity index (χ1n) is 6.68. The minimum absolute atomic E-state index is 0.187. The van der Waals surface area contributed by atoms with Crippen molar-refractivity contribution in [3.63, 3.8) is 0 Å². The van der Waals surface area contributed by atoms with Crippen molar-refractivity contribution in [1.82, 2.24) is 5.32 Å². The fourth-order valence-corrected chi connectivity index (χ4v) is 3.57. The Kier molecular flexibility index (Phi) is 5.97. The minimum Gasteiger partial charge on any atom is -0.481 e. The number of hydrogen-bond donors (Lipinski definition) is 2. The van der Waals surface area contributed by atoms with E-state index in [-0.39, 0.29) is 11.9 Å². The van der Waals surface area contributed by atoms with Gasteiger partial charge >= 0.3 is 5.97 Å². The third-order valence-corrected chi connectivity index (χ3v) is 4.73. The fourth-order valence-electron chi connectivity index (χ4n) is 2.78. The molecule has 1 aliphatic carbocycles. The lowest BCUT2D eigenvalue weighted by Crippen LogP contribution is -2.42. The standard InChI is InChI=1S/C13H23NO4S/c1-4-9-5-10(11(6-9)13(16)17)12(15)14-8(2)7-19(3)18/h8-11H,4-7H2,1-3H3,(H,14,15)(H,16,17). The summed E-state index contributed by atoms with van der Waals surface area (Å²) in [6, 6.07) is -0.187. The number of rotatable bonds is 6. The van der Waals surface area contributed by atoms with Gasteiger partial charge in [0.25, 0.3) is 0 Å². The molecule has 0 heterocycles. The lowest BCUT2D eigenvalue weighted by atomic mass is 9.95. The number of carbonyl (C=O) groups is 2. The molecule has 19 heavy (non-hydrogen) atoms. The first-order chi connectivity index (χ1) is 8.85. The van der Waals surface area contributed by atoms with E-state index in [9.17, 15) is 18.9 Å². The van der Waals surface area contributed by atoms with Gasteiger partial charge in [-0.1, -0.05) is 13.3 Å². The molecule has 110 valence electrons. The van der Waals surface area contributed by atoms with Crippen molar-refractivity contribution in [2.75, 3.05) is 12.0 Å². The molecule has 2 N–H and O–H groups in total. The van der Waals surface area contributed by atoms with Gasteiger partial charge in [0.15, 0.2) is 0 Å². The van der Waals surface area contributed by atoms with Gasteiger partial charge in [-0.25, -0.2) is 0 Å². The molecule has 1 fully saturated rings. The molecular formula is C13H23NO4S. The van der Waals surface area contributed by atoms with E-state index in [1.807, 2.05) is 6.92 Å². The summed E-state index contributed by atoms with van der Waals surface area (Å²) in [4.78, 5) is 23.4. The van der Waals surface area contributed by atoms with E-state index in [4.69, 9.17) is 0 Å². The molecule has 1 saturated carbocycles. The zero-order valence-corrected chi connectivity index (χ0v) is 12.5. The predicted molar refractivity (Wildman–Crippen MR) is 74.2 cm³/mol. The molecule has 0 radical (unpaired) electrons. The van der Waals surface area contributed by atoms with Crippen LogP contribution in [0.3, 0.4) is 0 Å². The van der Waals surface area contributed by atoms with Gasteiger partial charge < -0.3 is 10.4 Å². The van der Waals surface area contributed by atoms with Gasteiger partial charge in [0.2, 0.25) is 5.91 Å². The van der Waals surface area contributed by atoms with Crippen molar-refractivity contribution in [2.45, 2.75) is 39.2 Å². The molecule has 0 saturated heterocycles. The lowest BCUT2D eigenvalue weighted by molar-refractivity contribution is -0.146. The second kappa shape index (κ2) is 7.03. The molecule has 5 nitrogen and oxygen atoms in total. The van der Waals surface area contributed by atoms with E-state index in [1.54, 1.807) is 13.2 Å². The molecule has 1 amide bonds. The number of carboxylic acids is 1. The van der Waals surface area contributed by atoms with E-state index >= 15 is 0 Å². The van der Waals surface area contributed by atoms with Crippen LogP contribution in [0.4, 0.5) is 0 Å². The fraction of sp³-hybridized carbons (Fsp3) is 0.846. The lowest BCUT2D eigenvalue weighted by Gasteiger charge is -2.19. The summed E-state index contributed by atoms with van der Waals surface area (Å²) in [7, 11) is -0.971. The van der Waals surface area contributed by atoms with Crippen LogP contribution in [0.1, 0.15) is 33.1 Å². The van der Waals surface area contributed by atoms with Crippen LogP contribution < -0.4 is 5.32 Å². The Morgan fingerprint density at radius 1 is 1.37 bits per heavy atom. The minimum atomic E-state index is -0.971. The molecule has 0 aromatic heterocycles. The van der Waals surface area contributed by atoms with Crippen LogP contribution in [-0.4, -0.2) is 39.2 Å². The molecular weight excluding hydrogens is 266 g/mol. The number of hydrogen-bond acceptors (Lipinski definition) is 3. The maximum atomic E-state index is 12.1. The van der Waals surface area contributed by atoms with Gasteiger partial charge in [-0.3, -0.25) is 13.8 Å². The number of aliphatic carboxylic acids is 1. The number of carboxylic acid groups (broad SMARTS) is 1. The van der Waals surface area contributed by atoms with Crippen LogP contribution in [0.15, 0.2) is 0 Å². The van der Waals surface area contributed by atoms with E-state index in [1.165, 1.54) is 0 Å². The monoisotopic (exact) mass is 289 g/mol. The number of nitrogens with one attached hydrogen (secondary N) is 1.